The summed E-state index contributed by atoms with van der Waals surface area (Å²) in [5.41, 5.74) is -0.576. The quantitative estimate of drug-likeness (QED) is 0.666. The molecular formula is C17H24N6O4. The summed E-state index contributed by atoms with van der Waals surface area (Å²) in [6.07, 6.45) is 5.27. The Morgan fingerprint density at radius 2 is 2.15 bits per heavy atom. The number of nitrogens with zero attached hydrogens (tertiary/aromatic N) is 4. The molecule has 0 unspecified atom stereocenters. The van der Waals surface area contributed by atoms with E-state index in [1.165, 1.54) is 12.7 Å². The fourth-order valence-electron chi connectivity index (χ4n) is 3.14. The third kappa shape index (κ3) is 4.27. The largest absolute Gasteiger partial charge is 0.451 e. The van der Waals surface area contributed by atoms with Crippen LogP contribution in [0.15, 0.2) is 29.3 Å². The van der Waals surface area contributed by atoms with Crippen molar-refractivity contribution in [2.45, 2.75) is 18.4 Å². The number of hydrogen-bond donors (Lipinski definition) is 2. The van der Waals surface area contributed by atoms with Gasteiger partial charge in [-0.15, -0.1) is 0 Å². The molecule has 2 amide bonds. The molecule has 3 heterocycles. The van der Waals surface area contributed by atoms with E-state index < -0.39 is 5.54 Å². The highest BCUT2D eigenvalue weighted by atomic mass is 16.5. The molecule has 0 bridgehead atoms. The maximum Gasteiger partial charge on any atom is 0.275 e. The van der Waals surface area contributed by atoms with Crippen molar-refractivity contribution in [1.82, 2.24) is 25.0 Å². The predicted octanol–water partition coefficient (Wildman–Crippen LogP) is 0.258. The van der Waals surface area contributed by atoms with Gasteiger partial charge in [0.05, 0.1) is 6.61 Å². The van der Waals surface area contributed by atoms with E-state index >= 15 is 0 Å². The van der Waals surface area contributed by atoms with Crippen LogP contribution in [0.1, 0.15) is 23.3 Å². The molecule has 10 nitrogen and oxygen atoms in total. The molecule has 0 spiro atoms. The minimum absolute atomic E-state index is 0.126. The monoisotopic (exact) mass is 376 g/mol. The van der Waals surface area contributed by atoms with Crippen LogP contribution in [0.5, 0.6) is 0 Å². The van der Waals surface area contributed by atoms with E-state index in [2.05, 4.69) is 20.7 Å². The molecule has 2 aromatic heterocycles. The van der Waals surface area contributed by atoms with Gasteiger partial charge in [-0.05, 0) is 12.8 Å². The van der Waals surface area contributed by atoms with E-state index in [-0.39, 0.29) is 17.5 Å². The van der Waals surface area contributed by atoms with Crippen molar-refractivity contribution in [2.24, 2.45) is 7.05 Å². The van der Waals surface area contributed by atoms with Crippen LogP contribution in [-0.2, 0) is 16.6 Å². The summed E-state index contributed by atoms with van der Waals surface area (Å²) in [4.78, 5) is 31.0. The third-order valence-corrected chi connectivity index (χ3v) is 4.66. The van der Waals surface area contributed by atoms with Gasteiger partial charge in [-0.25, -0.2) is 4.98 Å². The molecule has 1 fully saturated rings. The fraction of sp³-hybridized carbons (Fsp3) is 0.529. The van der Waals surface area contributed by atoms with Gasteiger partial charge in [-0.2, -0.15) is 5.10 Å². The minimum Gasteiger partial charge on any atom is -0.451 e. The summed E-state index contributed by atoms with van der Waals surface area (Å²) >= 11 is 0. The summed E-state index contributed by atoms with van der Waals surface area (Å²) in [5, 5.41) is 10.5. The summed E-state index contributed by atoms with van der Waals surface area (Å²) < 4.78 is 11.6. The predicted molar refractivity (Wildman–Crippen MR) is 96.1 cm³/mol. The molecule has 0 atom stereocenters. The molecule has 0 saturated carbocycles. The minimum atomic E-state index is -0.845. The van der Waals surface area contributed by atoms with Gasteiger partial charge in [0.25, 0.3) is 5.91 Å². The smallest absolute Gasteiger partial charge is 0.275 e. The Bertz CT molecular complexity index is 764. The average molecular weight is 376 g/mol. The second-order valence-corrected chi connectivity index (χ2v) is 6.50. The molecule has 1 saturated heterocycles. The maximum atomic E-state index is 12.9. The number of ether oxygens (including phenoxy) is 1. The van der Waals surface area contributed by atoms with E-state index in [1.807, 2.05) is 19.3 Å². The number of aromatic nitrogens is 3. The first kappa shape index (κ1) is 18.9. The molecule has 3 rings (SSSR count). The standard InChI is InChI=1S/C17H24N6O4/c1-22-7-3-14(21-22)20-17(16(25)18-6-10-26-2)4-8-23(9-5-17)15(24)13-11-27-12-19-13/h3,7,11-12H,4-6,8-10H2,1-2H3,(H,18,25)(H,20,21). The van der Waals surface area contributed by atoms with Crippen molar-refractivity contribution in [1.29, 1.82) is 0 Å². The first-order chi connectivity index (χ1) is 13.0. The lowest BCUT2D eigenvalue weighted by atomic mass is 9.86. The van der Waals surface area contributed by atoms with Crippen LogP contribution in [-0.4, -0.2) is 70.4 Å². The lowest BCUT2D eigenvalue weighted by molar-refractivity contribution is -0.127. The van der Waals surface area contributed by atoms with Crippen LogP contribution in [0.25, 0.3) is 0 Å². The number of likely N-dealkylation sites (tertiary alicyclic amines) is 1. The molecule has 0 radical (unpaired) electrons. The Balaban J connectivity index is 1.71. The Kier molecular flexibility index (Phi) is 5.75. The molecule has 1 aliphatic heterocycles. The molecule has 0 aliphatic carbocycles. The number of rotatable bonds is 7. The Morgan fingerprint density at radius 3 is 2.74 bits per heavy atom. The fourth-order valence-corrected chi connectivity index (χ4v) is 3.14. The first-order valence-corrected chi connectivity index (χ1v) is 8.76. The van der Waals surface area contributed by atoms with Crippen molar-refractivity contribution >= 4 is 17.6 Å². The number of amides is 2. The highest BCUT2D eigenvalue weighted by Crippen LogP contribution is 2.27. The Hall–Kier alpha value is -2.88. The van der Waals surface area contributed by atoms with Gasteiger partial charge >= 0.3 is 0 Å². The molecular weight excluding hydrogens is 352 g/mol. The van der Waals surface area contributed by atoms with Crippen LogP contribution in [0.3, 0.4) is 0 Å². The molecule has 27 heavy (non-hydrogen) atoms. The number of carbonyl (C=O) groups excluding carboxylic acids is 2. The van der Waals surface area contributed by atoms with Crippen molar-refractivity contribution in [2.75, 3.05) is 38.7 Å². The number of piperidine rings is 1. The van der Waals surface area contributed by atoms with E-state index in [9.17, 15) is 9.59 Å². The van der Waals surface area contributed by atoms with Gasteiger partial charge in [-0.1, -0.05) is 0 Å². The summed E-state index contributed by atoms with van der Waals surface area (Å²) in [6.45, 7) is 1.69. The summed E-state index contributed by atoms with van der Waals surface area (Å²) in [6, 6.07) is 1.82. The number of hydrogen-bond acceptors (Lipinski definition) is 7. The number of oxazole rings is 1. The van der Waals surface area contributed by atoms with Crippen LogP contribution < -0.4 is 10.6 Å². The normalized spacial score (nSPS) is 16.1. The van der Waals surface area contributed by atoms with Crippen molar-refractivity contribution < 1.29 is 18.7 Å². The van der Waals surface area contributed by atoms with Crippen molar-refractivity contribution in [3.05, 3.63) is 30.6 Å². The van der Waals surface area contributed by atoms with Crippen molar-refractivity contribution in [3.8, 4) is 0 Å². The van der Waals surface area contributed by atoms with E-state index in [0.717, 1.165) is 0 Å². The second-order valence-electron chi connectivity index (χ2n) is 6.50. The van der Waals surface area contributed by atoms with Gasteiger partial charge in [0.2, 0.25) is 5.91 Å². The van der Waals surface area contributed by atoms with E-state index in [4.69, 9.17) is 9.15 Å². The first-order valence-electron chi connectivity index (χ1n) is 8.76. The van der Waals surface area contributed by atoms with Gasteiger partial charge in [-0.3, -0.25) is 14.3 Å². The SMILES string of the molecule is COCCNC(=O)C1(Nc2ccn(C)n2)CCN(C(=O)c2cocn2)CC1. The number of anilines is 1. The Labute approximate surface area is 156 Å². The van der Waals surface area contributed by atoms with Gasteiger partial charge in [0, 0.05) is 46.1 Å². The molecule has 2 N–H and O–H groups in total. The topological polar surface area (TPSA) is 115 Å². The lowest BCUT2D eigenvalue weighted by Crippen LogP contribution is -2.59. The van der Waals surface area contributed by atoms with Crippen LogP contribution in [0.2, 0.25) is 0 Å². The average Bonchev–Trinajstić information content (AvgIpc) is 3.34. The zero-order valence-corrected chi connectivity index (χ0v) is 15.5. The van der Waals surface area contributed by atoms with E-state index in [1.54, 1.807) is 16.7 Å². The molecule has 1 aliphatic rings. The van der Waals surface area contributed by atoms with Gasteiger partial charge < -0.3 is 24.7 Å². The zero-order valence-electron chi connectivity index (χ0n) is 15.5. The van der Waals surface area contributed by atoms with Crippen LogP contribution in [0, 0.1) is 0 Å². The second kappa shape index (κ2) is 8.21. The van der Waals surface area contributed by atoms with Gasteiger partial charge in [0.15, 0.2) is 12.1 Å². The highest BCUT2D eigenvalue weighted by Gasteiger charge is 2.43. The molecule has 10 heteroatoms. The molecule has 0 aromatic carbocycles. The zero-order chi connectivity index (χ0) is 19.3. The molecule has 146 valence electrons. The number of carbonyl (C=O) groups is 2. The van der Waals surface area contributed by atoms with Crippen molar-refractivity contribution in [3.63, 3.8) is 0 Å². The van der Waals surface area contributed by atoms with E-state index in [0.29, 0.717) is 44.9 Å². The van der Waals surface area contributed by atoms with Gasteiger partial charge in [0.1, 0.15) is 17.6 Å². The summed E-state index contributed by atoms with van der Waals surface area (Å²) in [7, 11) is 3.40. The number of nitrogens with one attached hydrogen (secondary N) is 2. The maximum absolute atomic E-state index is 12.9. The summed E-state index contributed by atoms with van der Waals surface area (Å²) in [5.74, 6) is 0.296. The number of methoxy groups -OCH3 is 1. The van der Waals surface area contributed by atoms with Crippen LogP contribution >= 0.6 is 0 Å². The number of aryl methyl sites for hydroxylation is 1. The Morgan fingerprint density at radius 1 is 1.37 bits per heavy atom. The molecule has 2 aromatic rings. The highest BCUT2D eigenvalue weighted by molar-refractivity contribution is 5.93. The third-order valence-electron chi connectivity index (χ3n) is 4.66. The van der Waals surface area contributed by atoms with Crippen LogP contribution in [0.4, 0.5) is 5.82 Å². The lowest BCUT2D eigenvalue weighted by Gasteiger charge is -2.41.